The number of amides is 1. The fourth-order valence-electron chi connectivity index (χ4n) is 2.37. The molecule has 0 aliphatic heterocycles. The Balaban J connectivity index is 1.76. The van der Waals surface area contributed by atoms with Crippen LogP contribution in [0.5, 0.6) is 0 Å². The van der Waals surface area contributed by atoms with Gasteiger partial charge in [0.1, 0.15) is 0 Å². The Labute approximate surface area is 157 Å². The molecule has 2 rings (SSSR count). The quantitative estimate of drug-likeness (QED) is 0.443. The van der Waals surface area contributed by atoms with E-state index >= 15 is 0 Å². The normalized spacial score (nSPS) is 11.1. The summed E-state index contributed by atoms with van der Waals surface area (Å²) in [6.07, 6.45) is 0. The predicted molar refractivity (Wildman–Crippen MR) is 106 cm³/mol. The van der Waals surface area contributed by atoms with Crippen molar-refractivity contribution in [2.75, 3.05) is 27.2 Å². The van der Waals surface area contributed by atoms with Crippen molar-refractivity contribution in [1.82, 2.24) is 15.5 Å². The van der Waals surface area contributed by atoms with Gasteiger partial charge in [0.2, 0.25) is 0 Å². The van der Waals surface area contributed by atoms with Crippen LogP contribution in [0.1, 0.15) is 15.9 Å². The van der Waals surface area contributed by atoms with E-state index in [0.29, 0.717) is 18.7 Å². The summed E-state index contributed by atoms with van der Waals surface area (Å²) in [6.45, 7) is 1.89. The van der Waals surface area contributed by atoms with Crippen LogP contribution in [0.25, 0.3) is 0 Å². The number of rotatable bonds is 6. The molecule has 0 saturated carbocycles. The van der Waals surface area contributed by atoms with Crippen LogP contribution in [0, 0.1) is 0 Å². The maximum atomic E-state index is 12.0. The molecule has 0 aliphatic carbocycles. The summed E-state index contributed by atoms with van der Waals surface area (Å²) in [5.74, 6) is 0.720. The van der Waals surface area contributed by atoms with Crippen LogP contribution < -0.4 is 10.6 Å². The third-order valence-electron chi connectivity index (χ3n) is 3.64. The van der Waals surface area contributed by atoms with Crippen LogP contribution in [-0.4, -0.2) is 44.0 Å². The van der Waals surface area contributed by atoms with Crippen molar-refractivity contribution in [1.29, 1.82) is 0 Å². The zero-order valence-electron chi connectivity index (χ0n) is 14.5. The van der Waals surface area contributed by atoms with Crippen molar-refractivity contribution in [3.05, 3.63) is 70.2 Å². The lowest BCUT2D eigenvalue weighted by atomic mass is 10.2. The molecule has 2 aromatic rings. The highest BCUT2D eigenvalue weighted by Crippen LogP contribution is 2.11. The molecule has 0 spiro atoms. The highest BCUT2D eigenvalue weighted by Gasteiger charge is 2.07. The number of hydrogen-bond acceptors (Lipinski definition) is 2. The smallest absolute Gasteiger partial charge is 0.251 e. The van der Waals surface area contributed by atoms with Gasteiger partial charge in [-0.1, -0.05) is 46.3 Å². The van der Waals surface area contributed by atoms with Gasteiger partial charge >= 0.3 is 0 Å². The molecule has 0 radical (unpaired) electrons. The second-order valence-electron chi connectivity index (χ2n) is 5.58. The Morgan fingerprint density at radius 3 is 2.32 bits per heavy atom. The Bertz CT molecular complexity index is 701. The number of hydrogen-bond donors (Lipinski definition) is 2. The molecular formula is C19H23BrN4O. The second kappa shape index (κ2) is 9.84. The molecule has 0 bridgehead atoms. The average Bonchev–Trinajstić information content (AvgIpc) is 2.64. The molecule has 5 nitrogen and oxygen atoms in total. The third kappa shape index (κ3) is 6.23. The molecule has 6 heteroatoms. The summed E-state index contributed by atoms with van der Waals surface area (Å²) in [5.41, 5.74) is 1.87. The Morgan fingerprint density at radius 2 is 1.68 bits per heavy atom. The van der Waals surface area contributed by atoms with E-state index in [1.807, 2.05) is 42.3 Å². The summed E-state index contributed by atoms with van der Waals surface area (Å²) in [7, 11) is 3.74. The maximum absolute atomic E-state index is 12.0. The molecule has 0 aliphatic rings. The average molecular weight is 403 g/mol. The monoisotopic (exact) mass is 402 g/mol. The third-order valence-corrected chi connectivity index (χ3v) is 4.16. The van der Waals surface area contributed by atoms with Crippen molar-refractivity contribution < 1.29 is 4.79 Å². The van der Waals surface area contributed by atoms with Gasteiger partial charge in [-0.25, -0.2) is 0 Å². The molecule has 0 heterocycles. The number of nitrogens with zero attached hydrogens (tertiary/aromatic N) is 2. The minimum absolute atomic E-state index is 0.0689. The number of aliphatic imine (C=N–C) groups is 1. The summed E-state index contributed by atoms with van der Waals surface area (Å²) in [6, 6.07) is 17.4. The standard InChI is InChI=1S/C19H23BrN4O/c1-21-19(24(2)14-15-8-10-17(20)11-9-15)23-13-12-22-18(25)16-6-4-3-5-7-16/h3-11H,12-14H2,1-2H3,(H,21,23)(H,22,25). The highest BCUT2D eigenvalue weighted by atomic mass is 79.9. The molecule has 2 N–H and O–H groups in total. The van der Waals surface area contributed by atoms with Crippen LogP contribution in [0.2, 0.25) is 0 Å². The topological polar surface area (TPSA) is 56.7 Å². The molecular weight excluding hydrogens is 380 g/mol. The fourth-order valence-corrected chi connectivity index (χ4v) is 2.63. The number of carbonyl (C=O) groups is 1. The zero-order valence-corrected chi connectivity index (χ0v) is 16.1. The number of halogens is 1. The van der Waals surface area contributed by atoms with Crippen LogP contribution in [-0.2, 0) is 6.54 Å². The van der Waals surface area contributed by atoms with E-state index in [1.165, 1.54) is 5.56 Å². The first-order valence-electron chi connectivity index (χ1n) is 8.09. The predicted octanol–water partition coefficient (Wildman–Crippen LogP) is 2.89. The van der Waals surface area contributed by atoms with Gasteiger partial charge < -0.3 is 15.5 Å². The molecule has 1 amide bonds. The lowest BCUT2D eigenvalue weighted by molar-refractivity contribution is 0.0954. The molecule has 2 aromatic carbocycles. The van der Waals surface area contributed by atoms with Gasteiger partial charge in [-0.05, 0) is 29.8 Å². The van der Waals surface area contributed by atoms with Crippen LogP contribution >= 0.6 is 15.9 Å². The fraction of sp³-hybridized carbons (Fsp3) is 0.263. The van der Waals surface area contributed by atoms with Gasteiger partial charge in [-0.15, -0.1) is 0 Å². The molecule has 25 heavy (non-hydrogen) atoms. The number of nitrogens with one attached hydrogen (secondary N) is 2. The van der Waals surface area contributed by atoms with E-state index in [-0.39, 0.29) is 5.91 Å². The first kappa shape index (κ1) is 19.0. The second-order valence-corrected chi connectivity index (χ2v) is 6.49. The van der Waals surface area contributed by atoms with Crippen molar-refractivity contribution >= 4 is 27.8 Å². The SMILES string of the molecule is CN=C(NCCNC(=O)c1ccccc1)N(C)Cc1ccc(Br)cc1. The van der Waals surface area contributed by atoms with Gasteiger partial charge in [0.05, 0.1) is 0 Å². The van der Waals surface area contributed by atoms with E-state index in [2.05, 4.69) is 43.7 Å². The molecule has 0 aromatic heterocycles. The van der Waals surface area contributed by atoms with Crippen molar-refractivity contribution in [3.63, 3.8) is 0 Å². The summed E-state index contributed by atoms with van der Waals surface area (Å²) in [4.78, 5) is 18.3. The highest BCUT2D eigenvalue weighted by molar-refractivity contribution is 9.10. The molecule has 0 saturated heterocycles. The van der Waals surface area contributed by atoms with E-state index in [9.17, 15) is 4.79 Å². The minimum Gasteiger partial charge on any atom is -0.354 e. The number of benzene rings is 2. The van der Waals surface area contributed by atoms with Gasteiger partial charge in [-0.3, -0.25) is 9.79 Å². The van der Waals surface area contributed by atoms with Gasteiger partial charge in [0.25, 0.3) is 5.91 Å². The Kier molecular flexibility index (Phi) is 7.47. The van der Waals surface area contributed by atoms with Crippen molar-refractivity contribution in [2.24, 2.45) is 4.99 Å². The van der Waals surface area contributed by atoms with E-state index in [4.69, 9.17) is 0 Å². The zero-order chi connectivity index (χ0) is 18.1. The number of carbonyl (C=O) groups excluding carboxylic acids is 1. The lowest BCUT2D eigenvalue weighted by Crippen LogP contribution is -2.42. The van der Waals surface area contributed by atoms with E-state index in [1.54, 1.807) is 19.2 Å². The molecule has 132 valence electrons. The number of guanidine groups is 1. The largest absolute Gasteiger partial charge is 0.354 e. The minimum atomic E-state index is -0.0689. The van der Waals surface area contributed by atoms with Crippen molar-refractivity contribution in [3.8, 4) is 0 Å². The summed E-state index contributed by atoms with van der Waals surface area (Å²) < 4.78 is 1.07. The van der Waals surface area contributed by atoms with E-state index < -0.39 is 0 Å². The van der Waals surface area contributed by atoms with Gasteiger partial charge in [0.15, 0.2) is 5.96 Å². The van der Waals surface area contributed by atoms with Gasteiger partial charge in [-0.2, -0.15) is 0 Å². The molecule has 0 unspecified atom stereocenters. The Hall–Kier alpha value is -2.34. The van der Waals surface area contributed by atoms with Crippen molar-refractivity contribution in [2.45, 2.75) is 6.54 Å². The Morgan fingerprint density at radius 1 is 1.04 bits per heavy atom. The van der Waals surface area contributed by atoms with Crippen LogP contribution in [0.15, 0.2) is 64.1 Å². The van der Waals surface area contributed by atoms with Crippen LogP contribution in [0.4, 0.5) is 0 Å². The first-order valence-corrected chi connectivity index (χ1v) is 8.89. The van der Waals surface area contributed by atoms with Gasteiger partial charge in [0, 0.05) is 43.8 Å². The molecule has 0 fully saturated rings. The summed E-state index contributed by atoms with van der Waals surface area (Å²) >= 11 is 3.44. The maximum Gasteiger partial charge on any atom is 0.251 e. The summed E-state index contributed by atoms with van der Waals surface area (Å²) in [5, 5.41) is 6.15. The first-order chi connectivity index (χ1) is 12.1. The van der Waals surface area contributed by atoms with Crippen LogP contribution in [0.3, 0.4) is 0 Å². The lowest BCUT2D eigenvalue weighted by Gasteiger charge is -2.22. The van der Waals surface area contributed by atoms with E-state index in [0.717, 1.165) is 17.0 Å². The molecule has 0 atom stereocenters.